The van der Waals surface area contributed by atoms with Crippen molar-refractivity contribution < 1.29 is 23.4 Å². The summed E-state index contributed by atoms with van der Waals surface area (Å²) in [5.41, 5.74) is -0.582. The summed E-state index contributed by atoms with van der Waals surface area (Å²) in [5.74, 6) is -3.38. The molecule has 3 heterocycles. The van der Waals surface area contributed by atoms with Gasteiger partial charge in [0, 0.05) is 44.2 Å². The van der Waals surface area contributed by atoms with Gasteiger partial charge in [-0.05, 0) is 36.9 Å². The predicted octanol–water partition coefficient (Wildman–Crippen LogP) is 3.14. The van der Waals surface area contributed by atoms with E-state index in [1.54, 1.807) is 12.3 Å². The Kier molecular flexibility index (Phi) is 4.92. The first kappa shape index (κ1) is 22.4. The van der Waals surface area contributed by atoms with Crippen LogP contribution in [0.1, 0.15) is 19.8 Å². The van der Waals surface area contributed by atoms with Crippen molar-refractivity contribution in [3.05, 3.63) is 29.4 Å². The van der Waals surface area contributed by atoms with E-state index in [9.17, 15) is 18.7 Å². The van der Waals surface area contributed by atoms with Crippen LogP contribution in [0.25, 0.3) is 10.8 Å². The Balaban J connectivity index is 1.17. The minimum absolute atomic E-state index is 0.191. The highest BCUT2D eigenvalue weighted by Crippen LogP contribution is 2.79. The Morgan fingerprint density at radius 1 is 1.24 bits per heavy atom. The third kappa shape index (κ3) is 3.39. The molecule has 2 saturated carbocycles. The van der Waals surface area contributed by atoms with E-state index >= 15 is 0 Å². The number of aliphatic hydroxyl groups excluding tert-OH is 1. The molecule has 7 nitrogen and oxygen atoms in total. The Labute approximate surface area is 201 Å². The molecule has 4 fully saturated rings. The third-order valence-electron chi connectivity index (χ3n) is 8.30. The molecule has 2 aromatic rings. The summed E-state index contributed by atoms with van der Waals surface area (Å²) in [6.45, 7) is 5.98. The quantitative estimate of drug-likeness (QED) is 0.683. The molecule has 4 aliphatic rings. The van der Waals surface area contributed by atoms with Crippen molar-refractivity contribution >= 4 is 39.8 Å². The van der Waals surface area contributed by atoms with Gasteiger partial charge in [0.25, 0.3) is 5.92 Å². The van der Waals surface area contributed by atoms with Gasteiger partial charge in [0.15, 0.2) is 0 Å². The maximum Gasteiger partial charge on any atom is 0.255 e. The fraction of sp³-hybridized carbons (Fsp3) is 0.583. The van der Waals surface area contributed by atoms with Crippen LogP contribution < -0.4 is 10.2 Å². The molecule has 1 aromatic heterocycles. The zero-order chi connectivity index (χ0) is 23.9. The van der Waals surface area contributed by atoms with E-state index in [1.807, 2.05) is 19.1 Å². The van der Waals surface area contributed by atoms with Crippen LogP contribution in [0.4, 0.5) is 20.3 Å². The van der Waals surface area contributed by atoms with Crippen LogP contribution in [0, 0.1) is 11.3 Å². The zero-order valence-electron chi connectivity index (χ0n) is 18.9. The minimum atomic E-state index is -2.71. The number of aromatic nitrogens is 1. The second-order valence-corrected chi connectivity index (χ2v) is 10.8. The SMILES string of the molecule is C[C@@]1(N2CCN(c3cc4cc(NC(=O)C5CC56CC6(F)F)ncc4cc3Cl)CC2)COC[C@@H]1O. The van der Waals surface area contributed by atoms with E-state index in [-0.39, 0.29) is 24.3 Å². The minimum Gasteiger partial charge on any atom is -0.389 e. The van der Waals surface area contributed by atoms with E-state index in [0.29, 0.717) is 24.1 Å². The summed E-state index contributed by atoms with van der Waals surface area (Å²) < 4.78 is 32.5. The highest BCUT2D eigenvalue weighted by molar-refractivity contribution is 6.34. The number of amides is 1. The van der Waals surface area contributed by atoms with E-state index in [0.717, 1.165) is 42.6 Å². The first-order chi connectivity index (χ1) is 16.1. The number of ether oxygens (including phenoxy) is 1. The van der Waals surface area contributed by atoms with Crippen molar-refractivity contribution in [1.82, 2.24) is 9.88 Å². The molecule has 0 bridgehead atoms. The van der Waals surface area contributed by atoms with E-state index in [1.165, 1.54) is 0 Å². The van der Waals surface area contributed by atoms with Gasteiger partial charge < -0.3 is 20.1 Å². The normalized spacial score (nSPS) is 34.6. The Morgan fingerprint density at radius 2 is 1.97 bits per heavy atom. The lowest BCUT2D eigenvalue weighted by molar-refractivity contribution is -0.118. The molecule has 1 amide bonds. The lowest BCUT2D eigenvalue weighted by atomic mass is 9.95. The number of pyridine rings is 1. The predicted molar refractivity (Wildman–Crippen MR) is 125 cm³/mol. The monoisotopic (exact) mass is 492 g/mol. The van der Waals surface area contributed by atoms with Crippen molar-refractivity contribution in [2.24, 2.45) is 11.3 Å². The molecule has 10 heteroatoms. The Bertz CT molecular complexity index is 1170. The van der Waals surface area contributed by atoms with Crippen molar-refractivity contribution in [3.8, 4) is 0 Å². The summed E-state index contributed by atoms with van der Waals surface area (Å²) in [7, 11) is 0. The molecule has 2 saturated heterocycles. The maximum absolute atomic E-state index is 13.5. The first-order valence-electron chi connectivity index (χ1n) is 11.7. The van der Waals surface area contributed by atoms with E-state index in [2.05, 4.69) is 20.1 Å². The largest absolute Gasteiger partial charge is 0.389 e. The zero-order valence-corrected chi connectivity index (χ0v) is 19.6. The van der Waals surface area contributed by atoms with Gasteiger partial charge >= 0.3 is 0 Å². The number of benzene rings is 1. The topological polar surface area (TPSA) is 77.9 Å². The number of fused-ring (bicyclic) bond motifs is 1. The first-order valence-corrected chi connectivity index (χ1v) is 12.0. The number of nitrogens with one attached hydrogen (secondary N) is 1. The van der Waals surface area contributed by atoms with Crippen molar-refractivity contribution in [1.29, 1.82) is 0 Å². The van der Waals surface area contributed by atoms with Gasteiger partial charge in [0.05, 0.1) is 46.9 Å². The van der Waals surface area contributed by atoms with Crippen molar-refractivity contribution in [2.45, 2.75) is 37.3 Å². The molecule has 1 aromatic carbocycles. The molecule has 6 rings (SSSR count). The molecule has 2 aliphatic heterocycles. The van der Waals surface area contributed by atoms with Crippen LogP contribution in [0.3, 0.4) is 0 Å². The van der Waals surface area contributed by atoms with Gasteiger partial charge in [-0.1, -0.05) is 11.6 Å². The maximum atomic E-state index is 13.5. The van der Waals surface area contributed by atoms with Crippen LogP contribution in [0.5, 0.6) is 0 Å². The van der Waals surface area contributed by atoms with Gasteiger partial charge in [-0.15, -0.1) is 0 Å². The number of aliphatic hydroxyl groups is 1. The number of carbonyl (C=O) groups is 1. The number of nitrogens with zero attached hydrogens (tertiary/aromatic N) is 3. The average Bonchev–Trinajstić information content (AvgIpc) is 3.62. The highest BCUT2D eigenvalue weighted by atomic mass is 35.5. The summed E-state index contributed by atoms with van der Waals surface area (Å²) in [6, 6.07) is 5.60. The number of rotatable bonds is 4. The Hall–Kier alpha value is -2.07. The number of anilines is 2. The van der Waals surface area contributed by atoms with Gasteiger partial charge in [-0.3, -0.25) is 9.69 Å². The second-order valence-electron chi connectivity index (χ2n) is 10.4. The summed E-state index contributed by atoms with van der Waals surface area (Å²) >= 11 is 6.61. The summed E-state index contributed by atoms with van der Waals surface area (Å²) in [4.78, 5) is 21.2. The van der Waals surface area contributed by atoms with Gasteiger partial charge in [0.2, 0.25) is 5.91 Å². The van der Waals surface area contributed by atoms with Gasteiger partial charge in [0.1, 0.15) is 5.82 Å². The molecule has 2 aliphatic carbocycles. The van der Waals surface area contributed by atoms with Crippen LogP contribution in [0.15, 0.2) is 24.4 Å². The lowest BCUT2D eigenvalue weighted by Gasteiger charge is -2.45. The third-order valence-corrected chi connectivity index (χ3v) is 8.60. The second kappa shape index (κ2) is 7.46. The summed E-state index contributed by atoms with van der Waals surface area (Å²) in [5, 5.41) is 15.4. The molecule has 0 radical (unpaired) electrons. The molecule has 4 atom stereocenters. The molecule has 34 heavy (non-hydrogen) atoms. The number of halogens is 3. The van der Waals surface area contributed by atoms with E-state index < -0.39 is 23.4 Å². The Morgan fingerprint density at radius 3 is 2.59 bits per heavy atom. The fourth-order valence-electron chi connectivity index (χ4n) is 5.69. The van der Waals surface area contributed by atoms with Crippen molar-refractivity contribution in [3.63, 3.8) is 0 Å². The van der Waals surface area contributed by atoms with Crippen molar-refractivity contribution in [2.75, 3.05) is 49.6 Å². The number of alkyl halides is 2. The molecular formula is C24H27ClF2N4O3. The average molecular weight is 493 g/mol. The molecule has 2 unspecified atom stereocenters. The molecule has 2 N–H and O–H groups in total. The lowest BCUT2D eigenvalue weighted by Crippen LogP contribution is -2.60. The molecule has 182 valence electrons. The van der Waals surface area contributed by atoms with E-state index in [4.69, 9.17) is 16.3 Å². The van der Waals surface area contributed by atoms with Crippen LogP contribution in [-0.4, -0.2) is 77.9 Å². The van der Waals surface area contributed by atoms with Crippen LogP contribution in [0.2, 0.25) is 5.02 Å². The molecular weight excluding hydrogens is 466 g/mol. The number of hydrogen-bond donors (Lipinski definition) is 2. The highest BCUT2D eigenvalue weighted by Gasteiger charge is 2.85. The smallest absolute Gasteiger partial charge is 0.255 e. The number of carbonyl (C=O) groups excluding carboxylic acids is 1. The van der Waals surface area contributed by atoms with Crippen LogP contribution in [-0.2, 0) is 9.53 Å². The number of hydrogen-bond acceptors (Lipinski definition) is 6. The van der Waals surface area contributed by atoms with Gasteiger partial charge in [-0.25, -0.2) is 13.8 Å². The van der Waals surface area contributed by atoms with Crippen LogP contribution >= 0.6 is 11.6 Å². The fourth-order valence-corrected chi connectivity index (χ4v) is 5.98. The molecule has 1 spiro atoms. The standard InChI is InChI=1S/C24H27ClF2N4O3/c1-22(13-34-11-19(22)32)31-4-2-30(3-5-31)18-7-14-8-20(28-10-15(14)6-17(18)25)29-21(33)16-9-23(16)12-24(23,26)27/h6-8,10,16,19,32H,2-5,9,11-13H2,1H3,(H,28,29,33)/t16?,19-,22+,23?/m0/s1. The van der Waals surface area contributed by atoms with Gasteiger partial charge in [-0.2, -0.15) is 0 Å². The number of piperazine rings is 1. The summed E-state index contributed by atoms with van der Waals surface area (Å²) in [6.07, 6.45) is 1.19.